The van der Waals surface area contributed by atoms with Crippen LogP contribution in [0.25, 0.3) is 0 Å². The van der Waals surface area contributed by atoms with E-state index in [1.165, 1.54) is 0 Å². The molecule has 2 atom stereocenters. The molecule has 166 valence electrons. The number of nitrogens with zero attached hydrogens (tertiary/aromatic N) is 1. The Bertz CT molecular complexity index is 742. The first-order valence-electron chi connectivity index (χ1n) is 9.58. The molecule has 0 aromatic heterocycles. The van der Waals surface area contributed by atoms with Crippen molar-refractivity contribution in [1.82, 2.24) is 5.32 Å². The number of carbonyl (C=O) groups excluding carboxylic acids is 3. The highest BCUT2D eigenvalue weighted by atomic mass is 16.6. The van der Waals surface area contributed by atoms with Crippen LogP contribution in [-0.4, -0.2) is 48.2 Å². The zero-order valence-electron chi connectivity index (χ0n) is 17.6. The standard InChI is InChI=1S/C20H31N5O5/c1-20(2,3)30-19(28)25-15(12-13-8-5-4-6-9-13)17(27)29-16(26)14(21)10-7-11-24-18(22)23/h4-6,8-9,14-15H,7,10-12,21H2,1-3H3,(H,25,28)(H4,22,23,24)/t14-,15-/m0/s1. The summed E-state index contributed by atoms with van der Waals surface area (Å²) in [5.41, 5.74) is 16.2. The Morgan fingerprint density at radius 3 is 2.30 bits per heavy atom. The van der Waals surface area contributed by atoms with Gasteiger partial charge in [-0.1, -0.05) is 30.3 Å². The third kappa shape index (κ3) is 10.4. The van der Waals surface area contributed by atoms with E-state index in [0.29, 0.717) is 13.0 Å². The van der Waals surface area contributed by atoms with E-state index in [9.17, 15) is 14.4 Å². The lowest BCUT2D eigenvalue weighted by Crippen LogP contribution is -2.47. The number of amides is 1. The third-order valence-electron chi connectivity index (χ3n) is 3.73. The molecule has 0 radical (unpaired) electrons. The largest absolute Gasteiger partial charge is 0.444 e. The Morgan fingerprint density at radius 2 is 1.73 bits per heavy atom. The van der Waals surface area contributed by atoms with Crippen molar-refractivity contribution in [3.63, 3.8) is 0 Å². The van der Waals surface area contributed by atoms with E-state index in [4.69, 9.17) is 26.7 Å². The molecule has 10 heteroatoms. The highest BCUT2D eigenvalue weighted by Gasteiger charge is 2.29. The molecule has 30 heavy (non-hydrogen) atoms. The summed E-state index contributed by atoms with van der Waals surface area (Å²) < 4.78 is 10.1. The Balaban J connectivity index is 2.74. The van der Waals surface area contributed by atoms with Crippen LogP contribution in [0.1, 0.15) is 39.2 Å². The minimum absolute atomic E-state index is 0.0571. The van der Waals surface area contributed by atoms with Crippen LogP contribution in [-0.2, 0) is 25.5 Å². The predicted octanol–water partition coefficient (Wildman–Crippen LogP) is 0.573. The molecule has 0 saturated carbocycles. The molecule has 0 heterocycles. The van der Waals surface area contributed by atoms with E-state index < -0.39 is 35.7 Å². The smallest absolute Gasteiger partial charge is 0.408 e. The number of hydrogen-bond acceptors (Lipinski definition) is 7. The second-order valence-corrected chi connectivity index (χ2v) is 7.68. The van der Waals surface area contributed by atoms with Crippen LogP contribution in [0, 0.1) is 0 Å². The molecule has 1 aromatic rings. The van der Waals surface area contributed by atoms with Gasteiger partial charge in [-0.2, -0.15) is 0 Å². The maximum Gasteiger partial charge on any atom is 0.408 e. The number of aliphatic imine (C=N–C) groups is 1. The number of rotatable bonds is 9. The van der Waals surface area contributed by atoms with Crippen LogP contribution in [0.15, 0.2) is 35.3 Å². The van der Waals surface area contributed by atoms with Gasteiger partial charge in [0.2, 0.25) is 0 Å². The predicted molar refractivity (Wildman–Crippen MR) is 112 cm³/mol. The van der Waals surface area contributed by atoms with Crippen LogP contribution >= 0.6 is 0 Å². The second kappa shape index (κ2) is 11.8. The van der Waals surface area contributed by atoms with Gasteiger partial charge < -0.3 is 32.0 Å². The normalized spacial score (nSPS) is 12.9. The molecule has 0 unspecified atom stereocenters. The third-order valence-corrected chi connectivity index (χ3v) is 3.73. The van der Waals surface area contributed by atoms with Crippen molar-refractivity contribution in [2.45, 2.75) is 57.7 Å². The van der Waals surface area contributed by atoms with Crippen LogP contribution in [0.3, 0.4) is 0 Å². The molecule has 7 N–H and O–H groups in total. The molecule has 0 spiro atoms. The summed E-state index contributed by atoms with van der Waals surface area (Å²) in [7, 11) is 0. The molecule has 10 nitrogen and oxygen atoms in total. The average Bonchev–Trinajstić information content (AvgIpc) is 2.63. The molecule has 0 aliphatic carbocycles. The van der Waals surface area contributed by atoms with Gasteiger partial charge in [0.05, 0.1) is 0 Å². The Morgan fingerprint density at radius 1 is 1.10 bits per heavy atom. The van der Waals surface area contributed by atoms with Gasteiger partial charge in [0.15, 0.2) is 5.96 Å². The quantitative estimate of drug-likeness (QED) is 0.147. The zero-order chi connectivity index (χ0) is 22.7. The number of nitrogens with two attached hydrogens (primary N) is 3. The second-order valence-electron chi connectivity index (χ2n) is 7.68. The van der Waals surface area contributed by atoms with Gasteiger partial charge in [-0.25, -0.2) is 14.4 Å². The lowest BCUT2D eigenvalue weighted by atomic mass is 10.1. The summed E-state index contributed by atoms with van der Waals surface area (Å²) in [6, 6.07) is 6.83. The zero-order valence-corrected chi connectivity index (χ0v) is 17.6. The summed E-state index contributed by atoms with van der Waals surface area (Å²) in [6.07, 6.45) is -0.0155. The number of guanidine groups is 1. The highest BCUT2D eigenvalue weighted by Crippen LogP contribution is 2.10. The van der Waals surface area contributed by atoms with Crippen LogP contribution in [0.5, 0.6) is 0 Å². The lowest BCUT2D eigenvalue weighted by Gasteiger charge is -2.23. The first-order valence-corrected chi connectivity index (χ1v) is 9.58. The summed E-state index contributed by atoms with van der Waals surface area (Å²) in [5.74, 6) is -1.87. The fourth-order valence-corrected chi connectivity index (χ4v) is 2.38. The number of esters is 2. The summed E-state index contributed by atoms with van der Waals surface area (Å²) in [4.78, 5) is 40.6. The number of hydrogen-bond donors (Lipinski definition) is 4. The maximum absolute atomic E-state index is 12.6. The molecule has 0 aliphatic heterocycles. The van der Waals surface area contributed by atoms with Gasteiger partial charge in [-0.3, -0.25) is 4.99 Å². The summed E-state index contributed by atoms with van der Waals surface area (Å²) in [6.45, 7) is 5.39. The van der Waals surface area contributed by atoms with Crippen molar-refractivity contribution in [2.75, 3.05) is 6.54 Å². The van der Waals surface area contributed by atoms with Crippen molar-refractivity contribution in [3.05, 3.63) is 35.9 Å². The topological polar surface area (TPSA) is 172 Å². The highest BCUT2D eigenvalue weighted by molar-refractivity contribution is 5.92. The lowest BCUT2D eigenvalue weighted by molar-refractivity contribution is -0.162. The van der Waals surface area contributed by atoms with Crippen molar-refractivity contribution in [3.8, 4) is 0 Å². The summed E-state index contributed by atoms with van der Waals surface area (Å²) >= 11 is 0. The van der Waals surface area contributed by atoms with E-state index >= 15 is 0 Å². The van der Waals surface area contributed by atoms with Crippen LogP contribution in [0.2, 0.25) is 0 Å². The minimum atomic E-state index is -1.12. The minimum Gasteiger partial charge on any atom is -0.444 e. The Kier molecular flexibility index (Phi) is 9.76. The molecule has 0 saturated heterocycles. The van der Waals surface area contributed by atoms with Crippen molar-refractivity contribution < 1.29 is 23.9 Å². The fourth-order valence-electron chi connectivity index (χ4n) is 2.38. The maximum atomic E-state index is 12.6. The van der Waals surface area contributed by atoms with Crippen molar-refractivity contribution in [2.24, 2.45) is 22.2 Å². The molecule has 1 amide bonds. The fraction of sp³-hybridized carbons (Fsp3) is 0.500. The summed E-state index contributed by atoms with van der Waals surface area (Å²) in [5, 5.41) is 2.46. The molecular formula is C20H31N5O5. The van der Waals surface area contributed by atoms with E-state index in [-0.39, 0.29) is 18.8 Å². The van der Waals surface area contributed by atoms with Gasteiger partial charge in [-0.05, 0) is 39.2 Å². The average molecular weight is 421 g/mol. The molecule has 1 aromatic carbocycles. The number of carbonyl (C=O) groups is 3. The van der Waals surface area contributed by atoms with Gasteiger partial charge in [0, 0.05) is 13.0 Å². The number of alkyl carbamates (subject to hydrolysis) is 1. The monoisotopic (exact) mass is 421 g/mol. The van der Waals surface area contributed by atoms with E-state index in [1.54, 1.807) is 45.0 Å². The first-order chi connectivity index (χ1) is 14.0. The van der Waals surface area contributed by atoms with Gasteiger partial charge in [0.25, 0.3) is 0 Å². The molecule has 0 bridgehead atoms. The molecule has 1 rings (SSSR count). The molecular weight excluding hydrogens is 390 g/mol. The van der Waals surface area contributed by atoms with Gasteiger partial charge >= 0.3 is 18.0 Å². The number of nitrogens with one attached hydrogen (secondary N) is 1. The van der Waals surface area contributed by atoms with Crippen molar-refractivity contribution in [1.29, 1.82) is 0 Å². The molecule has 0 aliphatic rings. The van der Waals surface area contributed by atoms with Gasteiger partial charge in [-0.15, -0.1) is 0 Å². The first kappa shape index (κ1) is 24.9. The SMILES string of the molecule is CC(C)(C)OC(=O)N[C@@H](Cc1ccccc1)C(=O)OC(=O)[C@@H](N)CCCN=C(N)N. The van der Waals surface area contributed by atoms with Crippen LogP contribution in [0.4, 0.5) is 4.79 Å². The van der Waals surface area contributed by atoms with E-state index in [2.05, 4.69) is 10.3 Å². The van der Waals surface area contributed by atoms with Crippen LogP contribution < -0.4 is 22.5 Å². The van der Waals surface area contributed by atoms with Gasteiger partial charge in [0.1, 0.15) is 17.7 Å². The molecule has 0 fully saturated rings. The Labute approximate surface area is 176 Å². The Hall–Kier alpha value is -3.14. The number of ether oxygens (including phenoxy) is 2. The number of benzene rings is 1. The van der Waals surface area contributed by atoms with E-state index in [1.807, 2.05) is 6.07 Å². The van der Waals surface area contributed by atoms with Crippen molar-refractivity contribution >= 4 is 24.0 Å². The van der Waals surface area contributed by atoms with E-state index in [0.717, 1.165) is 5.56 Å².